The molecule has 0 saturated carbocycles. The van der Waals surface area contributed by atoms with E-state index >= 15 is 0 Å². The predicted molar refractivity (Wildman–Crippen MR) is 64.2 cm³/mol. The van der Waals surface area contributed by atoms with Crippen LogP contribution in [0.5, 0.6) is 0 Å². The van der Waals surface area contributed by atoms with Crippen molar-refractivity contribution in [2.45, 2.75) is 46.3 Å². The van der Waals surface area contributed by atoms with Crippen molar-refractivity contribution >= 4 is 5.97 Å². The Morgan fingerprint density at radius 1 is 1.38 bits per heavy atom. The summed E-state index contributed by atoms with van der Waals surface area (Å²) in [7, 11) is 1.29. The Kier molecular flexibility index (Phi) is 5.97. The third-order valence-electron chi connectivity index (χ3n) is 2.47. The average molecular weight is 231 g/mol. The quantitative estimate of drug-likeness (QED) is 0.700. The molecule has 0 fully saturated rings. The second-order valence-electron chi connectivity index (χ2n) is 5.18. The van der Waals surface area contributed by atoms with Gasteiger partial charge in [0.1, 0.15) is 0 Å². The zero-order valence-electron chi connectivity index (χ0n) is 11.3. The molecule has 0 aromatic heterocycles. The summed E-state index contributed by atoms with van der Waals surface area (Å²) in [6.45, 7) is 11.0. The van der Waals surface area contributed by atoms with Gasteiger partial charge in [-0.05, 0) is 26.7 Å². The largest absolute Gasteiger partial charge is 0.467 e. The number of carbonyl (C=O) groups excluding carboxylic acids is 1. The summed E-state index contributed by atoms with van der Waals surface area (Å²) in [5.41, 5.74) is -1.44. The molecular weight excluding hydrogens is 206 g/mol. The van der Waals surface area contributed by atoms with E-state index in [1.54, 1.807) is 0 Å². The molecule has 96 valence electrons. The van der Waals surface area contributed by atoms with E-state index in [4.69, 9.17) is 0 Å². The molecule has 0 aliphatic rings. The molecule has 0 aromatic rings. The van der Waals surface area contributed by atoms with Crippen molar-refractivity contribution in [2.24, 2.45) is 5.92 Å². The lowest BCUT2D eigenvalue weighted by Crippen LogP contribution is -2.50. The van der Waals surface area contributed by atoms with Crippen molar-refractivity contribution in [2.75, 3.05) is 20.2 Å². The van der Waals surface area contributed by atoms with Gasteiger partial charge < -0.3 is 9.84 Å². The van der Waals surface area contributed by atoms with Crippen molar-refractivity contribution < 1.29 is 14.6 Å². The fraction of sp³-hybridized carbons (Fsp3) is 0.917. The zero-order valence-corrected chi connectivity index (χ0v) is 11.3. The lowest BCUT2D eigenvalue weighted by Gasteiger charge is -2.33. The molecule has 0 rings (SSSR count). The third-order valence-corrected chi connectivity index (χ3v) is 2.47. The molecule has 0 aliphatic carbocycles. The minimum absolute atomic E-state index is 0.290. The maximum absolute atomic E-state index is 11.4. The number of esters is 1. The highest BCUT2D eigenvalue weighted by Crippen LogP contribution is 2.13. The van der Waals surface area contributed by atoms with Crippen molar-refractivity contribution in [1.82, 2.24) is 4.90 Å². The van der Waals surface area contributed by atoms with Crippen LogP contribution >= 0.6 is 0 Å². The van der Waals surface area contributed by atoms with E-state index in [1.165, 1.54) is 14.0 Å². The smallest absolute Gasteiger partial charge is 0.338 e. The average Bonchev–Trinajstić information content (AvgIpc) is 2.14. The highest BCUT2D eigenvalue weighted by atomic mass is 16.5. The molecule has 4 nitrogen and oxygen atoms in total. The molecule has 0 saturated heterocycles. The van der Waals surface area contributed by atoms with Gasteiger partial charge in [-0.3, -0.25) is 4.90 Å². The van der Waals surface area contributed by atoms with E-state index in [-0.39, 0.29) is 0 Å². The summed E-state index contributed by atoms with van der Waals surface area (Å²) in [5.74, 6) is -0.0854. The minimum atomic E-state index is -1.44. The Hall–Kier alpha value is -0.610. The summed E-state index contributed by atoms with van der Waals surface area (Å²) < 4.78 is 4.59. The van der Waals surface area contributed by atoms with Crippen LogP contribution in [0.2, 0.25) is 0 Å². The third kappa shape index (κ3) is 4.94. The summed E-state index contributed by atoms with van der Waals surface area (Å²) in [6.07, 6.45) is 0. The Labute approximate surface area is 98.6 Å². The Balaban J connectivity index is 4.55. The van der Waals surface area contributed by atoms with Gasteiger partial charge in [-0.1, -0.05) is 13.8 Å². The van der Waals surface area contributed by atoms with E-state index in [0.717, 1.165) is 6.54 Å². The fourth-order valence-corrected chi connectivity index (χ4v) is 1.61. The van der Waals surface area contributed by atoms with E-state index < -0.39 is 11.6 Å². The highest BCUT2D eigenvalue weighted by molar-refractivity contribution is 5.78. The van der Waals surface area contributed by atoms with Gasteiger partial charge >= 0.3 is 5.97 Å². The summed E-state index contributed by atoms with van der Waals surface area (Å²) in [4.78, 5) is 13.5. The maximum Gasteiger partial charge on any atom is 0.338 e. The first kappa shape index (κ1) is 15.4. The van der Waals surface area contributed by atoms with Crippen LogP contribution in [-0.4, -0.2) is 47.8 Å². The van der Waals surface area contributed by atoms with Crippen molar-refractivity contribution in [3.05, 3.63) is 0 Å². The van der Waals surface area contributed by atoms with Crippen LogP contribution < -0.4 is 0 Å². The van der Waals surface area contributed by atoms with E-state index in [0.29, 0.717) is 18.5 Å². The number of carbonyl (C=O) groups is 1. The maximum atomic E-state index is 11.4. The van der Waals surface area contributed by atoms with Crippen LogP contribution in [0.3, 0.4) is 0 Å². The van der Waals surface area contributed by atoms with Gasteiger partial charge in [0.15, 0.2) is 5.60 Å². The SMILES string of the molecule is COC(=O)C(C)(O)CN(CC(C)C)C(C)C. The molecule has 1 N–H and O–H groups in total. The number of hydrogen-bond acceptors (Lipinski definition) is 4. The van der Waals surface area contributed by atoms with Crippen LogP contribution in [0.25, 0.3) is 0 Å². The topological polar surface area (TPSA) is 49.8 Å². The zero-order chi connectivity index (χ0) is 12.9. The molecule has 0 heterocycles. The molecule has 4 heteroatoms. The summed E-state index contributed by atoms with van der Waals surface area (Å²) >= 11 is 0. The van der Waals surface area contributed by atoms with Gasteiger partial charge in [-0.2, -0.15) is 0 Å². The van der Waals surface area contributed by atoms with Crippen LogP contribution in [0.15, 0.2) is 0 Å². The molecule has 0 bridgehead atoms. The Morgan fingerprint density at radius 3 is 2.19 bits per heavy atom. The van der Waals surface area contributed by atoms with Crippen LogP contribution in [0.1, 0.15) is 34.6 Å². The lowest BCUT2D eigenvalue weighted by molar-refractivity contribution is -0.162. The molecule has 0 spiro atoms. The molecule has 0 amide bonds. The normalized spacial score (nSPS) is 15.6. The number of aliphatic hydroxyl groups is 1. The molecule has 16 heavy (non-hydrogen) atoms. The van der Waals surface area contributed by atoms with Crippen LogP contribution in [-0.2, 0) is 9.53 Å². The standard InChI is InChI=1S/C12H25NO3/c1-9(2)7-13(10(3)4)8-12(5,15)11(14)16-6/h9-10,15H,7-8H2,1-6H3. The monoisotopic (exact) mass is 231 g/mol. The second kappa shape index (κ2) is 6.21. The van der Waals surface area contributed by atoms with E-state index in [2.05, 4.69) is 37.3 Å². The molecular formula is C12H25NO3. The minimum Gasteiger partial charge on any atom is -0.467 e. The predicted octanol–water partition coefficient (Wildman–Crippen LogP) is 1.28. The fourth-order valence-electron chi connectivity index (χ4n) is 1.61. The van der Waals surface area contributed by atoms with Gasteiger partial charge in [0.05, 0.1) is 7.11 Å². The first-order valence-electron chi connectivity index (χ1n) is 5.75. The number of rotatable bonds is 6. The van der Waals surface area contributed by atoms with Gasteiger partial charge in [0.2, 0.25) is 0 Å². The Bertz CT molecular complexity index is 224. The highest BCUT2D eigenvalue weighted by Gasteiger charge is 2.34. The molecule has 0 aliphatic heterocycles. The van der Waals surface area contributed by atoms with Crippen LogP contribution in [0, 0.1) is 5.92 Å². The number of methoxy groups -OCH3 is 1. The van der Waals surface area contributed by atoms with Crippen LogP contribution in [0.4, 0.5) is 0 Å². The molecule has 0 radical (unpaired) electrons. The first-order chi connectivity index (χ1) is 7.20. The van der Waals surface area contributed by atoms with Gasteiger partial charge in [0.25, 0.3) is 0 Å². The first-order valence-corrected chi connectivity index (χ1v) is 5.75. The number of nitrogens with zero attached hydrogens (tertiary/aromatic N) is 1. The second-order valence-corrected chi connectivity index (χ2v) is 5.18. The van der Waals surface area contributed by atoms with Crippen molar-refractivity contribution in [3.63, 3.8) is 0 Å². The van der Waals surface area contributed by atoms with Gasteiger partial charge in [-0.15, -0.1) is 0 Å². The van der Waals surface area contributed by atoms with Gasteiger partial charge in [-0.25, -0.2) is 4.79 Å². The van der Waals surface area contributed by atoms with E-state index in [9.17, 15) is 9.90 Å². The lowest BCUT2D eigenvalue weighted by atomic mass is 10.0. The van der Waals surface area contributed by atoms with E-state index in [1.807, 2.05) is 0 Å². The molecule has 1 atom stereocenters. The number of ether oxygens (including phenoxy) is 1. The number of hydrogen-bond donors (Lipinski definition) is 1. The summed E-state index contributed by atoms with van der Waals surface area (Å²) in [6, 6.07) is 0.290. The van der Waals surface area contributed by atoms with Crippen molar-refractivity contribution in [1.29, 1.82) is 0 Å². The van der Waals surface area contributed by atoms with Gasteiger partial charge in [0, 0.05) is 19.1 Å². The summed E-state index contributed by atoms with van der Waals surface area (Å²) in [5, 5.41) is 10.00. The molecule has 1 unspecified atom stereocenters. The van der Waals surface area contributed by atoms with Crippen molar-refractivity contribution in [3.8, 4) is 0 Å². The molecule has 0 aromatic carbocycles. The Morgan fingerprint density at radius 2 is 1.88 bits per heavy atom.